The van der Waals surface area contributed by atoms with Gasteiger partial charge in [-0.05, 0) is 26.8 Å². The fourth-order valence-corrected chi connectivity index (χ4v) is 2.73. The second-order valence-electron chi connectivity index (χ2n) is 5.96. The number of hydrogen-bond acceptors (Lipinski definition) is 5. The molecule has 0 fully saturated rings. The molecule has 1 N–H and O–H groups in total. The number of nitrogens with one attached hydrogen (secondary N) is 1. The van der Waals surface area contributed by atoms with Crippen LogP contribution in [0.5, 0.6) is 5.75 Å². The molecule has 3 rings (SSSR count). The van der Waals surface area contributed by atoms with Gasteiger partial charge in [0.25, 0.3) is 5.56 Å². The second-order valence-corrected chi connectivity index (χ2v) is 5.96. The van der Waals surface area contributed by atoms with E-state index in [1.54, 1.807) is 13.8 Å². The molecule has 0 atom stereocenters. The highest BCUT2D eigenvalue weighted by Gasteiger charge is 2.15. The van der Waals surface area contributed by atoms with Gasteiger partial charge in [-0.25, -0.2) is 4.98 Å². The summed E-state index contributed by atoms with van der Waals surface area (Å²) in [6.45, 7) is 6.26. The molecular weight excluding hydrogens is 334 g/mol. The molecule has 1 amide bonds. The minimum absolute atomic E-state index is 0.109. The zero-order valence-electron chi connectivity index (χ0n) is 15.0. The molecule has 0 aliphatic carbocycles. The maximum absolute atomic E-state index is 12.6. The van der Waals surface area contributed by atoms with E-state index in [2.05, 4.69) is 10.3 Å². The molecule has 2 heterocycles. The van der Waals surface area contributed by atoms with Crippen molar-refractivity contribution < 1.29 is 13.9 Å². The number of amides is 1. The molecule has 2 aromatic heterocycles. The summed E-state index contributed by atoms with van der Waals surface area (Å²) in [5.41, 5.74) is 1.64. The number of carbonyl (C=O) groups excluding carboxylic acids is 1. The van der Waals surface area contributed by atoms with E-state index >= 15 is 0 Å². The standard InChI is InChI=1S/C19H21N3O4/c1-4-25-15-8-6-5-7-14(15)9-20-16(23)10-22-11-21-18-17(19(22)24)12(2)13(3)26-18/h5-8,11H,4,9-10H2,1-3H3,(H,20,23). The smallest absolute Gasteiger partial charge is 0.265 e. The number of hydrogen-bond donors (Lipinski definition) is 1. The Kier molecular flexibility index (Phi) is 5.06. The normalized spacial score (nSPS) is 10.9. The first-order valence-electron chi connectivity index (χ1n) is 8.43. The molecule has 7 heteroatoms. The monoisotopic (exact) mass is 355 g/mol. The van der Waals surface area contributed by atoms with E-state index < -0.39 is 0 Å². The largest absolute Gasteiger partial charge is 0.494 e. The molecule has 0 aliphatic rings. The number of fused-ring (bicyclic) bond motifs is 1. The van der Waals surface area contributed by atoms with Gasteiger partial charge in [0.2, 0.25) is 11.6 Å². The Morgan fingerprint density at radius 3 is 2.85 bits per heavy atom. The number of rotatable bonds is 6. The summed E-state index contributed by atoms with van der Waals surface area (Å²) in [4.78, 5) is 29.0. The molecule has 1 aromatic carbocycles. The van der Waals surface area contributed by atoms with Crippen LogP contribution >= 0.6 is 0 Å². The molecule has 0 bridgehead atoms. The van der Waals surface area contributed by atoms with Crippen LogP contribution < -0.4 is 15.6 Å². The maximum Gasteiger partial charge on any atom is 0.265 e. The molecule has 0 spiro atoms. The number of para-hydroxylation sites is 1. The molecule has 7 nitrogen and oxygen atoms in total. The molecule has 0 unspecified atom stereocenters. The Morgan fingerprint density at radius 2 is 2.08 bits per heavy atom. The predicted octanol–water partition coefficient (Wildman–Crippen LogP) is 2.32. The van der Waals surface area contributed by atoms with Crippen LogP contribution in [-0.4, -0.2) is 22.1 Å². The average Bonchev–Trinajstić information content (AvgIpc) is 2.92. The molecule has 0 saturated heterocycles. The number of benzene rings is 1. The van der Waals surface area contributed by atoms with Crippen LogP contribution in [0.1, 0.15) is 23.8 Å². The van der Waals surface area contributed by atoms with E-state index in [4.69, 9.17) is 9.15 Å². The first kappa shape index (κ1) is 17.7. The van der Waals surface area contributed by atoms with Crippen molar-refractivity contribution >= 4 is 17.0 Å². The summed E-state index contributed by atoms with van der Waals surface area (Å²) in [6, 6.07) is 7.52. The highest BCUT2D eigenvalue weighted by molar-refractivity contribution is 5.79. The average molecular weight is 355 g/mol. The summed E-state index contributed by atoms with van der Waals surface area (Å²) < 4.78 is 12.3. The zero-order chi connectivity index (χ0) is 18.7. The lowest BCUT2D eigenvalue weighted by Crippen LogP contribution is -2.32. The minimum Gasteiger partial charge on any atom is -0.494 e. The van der Waals surface area contributed by atoms with Crippen molar-refractivity contribution in [2.24, 2.45) is 0 Å². The van der Waals surface area contributed by atoms with Crippen molar-refractivity contribution in [3.8, 4) is 5.75 Å². The van der Waals surface area contributed by atoms with Crippen LogP contribution in [-0.2, 0) is 17.9 Å². The van der Waals surface area contributed by atoms with Gasteiger partial charge in [-0.1, -0.05) is 18.2 Å². The van der Waals surface area contributed by atoms with Gasteiger partial charge in [0.1, 0.15) is 29.8 Å². The lowest BCUT2D eigenvalue weighted by molar-refractivity contribution is -0.121. The van der Waals surface area contributed by atoms with Crippen molar-refractivity contribution in [1.29, 1.82) is 0 Å². The van der Waals surface area contributed by atoms with Gasteiger partial charge >= 0.3 is 0 Å². The number of ether oxygens (including phenoxy) is 1. The van der Waals surface area contributed by atoms with Gasteiger partial charge in [-0.15, -0.1) is 0 Å². The zero-order valence-corrected chi connectivity index (χ0v) is 15.0. The molecule has 26 heavy (non-hydrogen) atoms. The maximum atomic E-state index is 12.6. The Labute approximate surface area is 150 Å². The minimum atomic E-state index is -0.283. The Hall–Kier alpha value is -3.09. The Bertz CT molecular complexity index is 1000. The van der Waals surface area contributed by atoms with E-state index in [0.717, 1.165) is 16.9 Å². The van der Waals surface area contributed by atoms with Crippen molar-refractivity contribution in [2.45, 2.75) is 33.9 Å². The van der Waals surface area contributed by atoms with E-state index in [1.165, 1.54) is 10.9 Å². The van der Waals surface area contributed by atoms with E-state index in [9.17, 15) is 9.59 Å². The van der Waals surface area contributed by atoms with Gasteiger partial charge in [0, 0.05) is 17.7 Å². The van der Waals surface area contributed by atoms with E-state index in [1.807, 2.05) is 31.2 Å². The van der Waals surface area contributed by atoms with Crippen LogP contribution in [0.25, 0.3) is 11.1 Å². The molecule has 136 valence electrons. The SMILES string of the molecule is CCOc1ccccc1CNC(=O)Cn1cnc2oc(C)c(C)c2c1=O. The third-order valence-corrected chi connectivity index (χ3v) is 4.22. The van der Waals surface area contributed by atoms with E-state index in [-0.39, 0.29) is 18.0 Å². The summed E-state index contributed by atoms with van der Waals surface area (Å²) >= 11 is 0. The molecule has 0 aliphatic heterocycles. The molecular formula is C19H21N3O4. The summed E-state index contributed by atoms with van der Waals surface area (Å²) in [6.07, 6.45) is 1.33. The molecule has 0 saturated carbocycles. The first-order valence-corrected chi connectivity index (χ1v) is 8.43. The van der Waals surface area contributed by atoms with Crippen LogP contribution in [0, 0.1) is 13.8 Å². The summed E-state index contributed by atoms with van der Waals surface area (Å²) in [5.74, 6) is 1.11. The fraction of sp³-hybridized carbons (Fsp3) is 0.316. The Morgan fingerprint density at radius 1 is 1.31 bits per heavy atom. The third kappa shape index (κ3) is 3.46. The number of furan rings is 1. The summed E-state index contributed by atoms with van der Waals surface area (Å²) in [5, 5.41) is 3.23. The third-order valence-electron chi connectivity index (χ3n) is 4.22. The van der Waals surface area contributed by atoms with Gasteiger partial charge in [-0.2, -0.15) is 0 Å². The van der Waals surface area contributed by atoms with E-state index in [0.29, 0.717) is 30.0 Å². The van der Waals surface area contributed by atoms with Crippen molar-refractivity contribution in [2.75, 3.05) is 6.61 Å². The summed E-state index contributed by atoms with van der Waals surface area (Å²) in [7, 11) is 0. The van der Waals surface area contributed by atoms with Gasteiger partial charge < -0.3 is 14.5 Å². The van der Waals surface area contributed by atoms with Crippen LogP contribution in [0.2, 0.25) is 0 Å². The number of aromatic nitrogens is 2. The van der Waals surface area contributed by atoms with Crippen LogP contribution in [0.15, 0.2) is 39.8 Å². The van der Waals surface area contributed by atoms with Crippen LogP contribution in [0.3, 0.4) is 0 Å². The van der Waals surface area contributed by atoms with Crippen molar-refractivity contribution in [3.05, 3.63) is 57.8 Å². The second kappa shape index (κ2) is 7.43. The fourth-order valence-electron chi connectivity index (χ4n) is 2.73. The molecule has 3 aromatic rings. The van der Waals surface area contributed by atoms with Crippen molar-refractivity contribution in [3.63, 3.8) is 0 Å². The lowest BCUT2D eigenvalue weighted by atomic mass is 10.2. The van der Waals surface area contributed by atoms with Crippen LogP contribution in [0.4, 0.5) is 0 Å². The highest BCUT2D eigenvalue weighted by Crippen LogP contribution is 2.19. The lowest BCUT2D eigenvalue weighted by Gasteiger charge is -2.11. The number of nitrogens with zero attached hydrogens (tertiary/aromatic N) is 2. The quantitative estimate of drug-likeness (QED) is 0.733. The first-order chi connectivity index (χ1) is 12.5. The Balaban J connectivity index is 1.73. The molecule has 0 radical (unpaired) electrons. The highest BCUT2D eigenvalue weighted by atomic mass is 16.5. The van der Waals surface area contributed by atoms with Gasteiger partial charge in [0.05, 0.1) is 6.61 Å². The topological polar surface area (TPSA) is 86.4 Å². The van der Waals surface area contributed by atoms with Crippen molar-refractivity contribution in [1.82, 2.24) is 14.9 Å². The van der Waals surface area contributed by atoms with Gasteiger partial charge in [0.15, 0.2) is 0 Å². The number of carbonyl (C=O) groups is 1. The van der Waals surface area contributed by atoms with Gasteiger partial charge in [-0.3, -0.25) is 14.2 Å². The number of aryl methyl sites for hydroxylation is 2. The predicted molar refractivity (Wildman–Crippen MR) is 97.2 cm³/mol.